The van der Waals surface area contributed by atoms with Gasteiger partial charge in [0.15, 0.2) is 17.8 Å². The SMILES string of the molecule is C/C=C1\[C@H](O[C@@H]2O[C@H](CO)[C@@H](O)[C@H](O)[C@H]2O)OC=C(C(=O)OC)[C@H]1CC(=O)OC/C=C/c1cc(OC)c(O[C@@H]2O[C@H](CO)[C@@H](O)[C@H](O)[C@H]2O)c(OC)c1. The molecule has 1 aromatic carbocycles. The summed E-state index contributed by atoms with van der Waals surface area (Å²) >= 11 is 0. The van der Waals surface area contributed by atoms with Crippen molar-refractivity contribution in [1.29, 1.82) is 0 Å². The van der Waals surface area contributed by atoms with Gasteiger partial charge in [0.2, 0.25) is 18.3 Å². The first kappa shape index (κ1) is 41.9. The number of aliphatic hydroxyl groups is 8. The number of carbonyl (C=O) groups is 2. The lowest BCUT2D eigenvalue weighted by atomic mass is 9.86. The molecule has 2 fully saturated rings. The van der Waals surface area contributed by atoms with Gasteiger partial charge >= 0.3 is 11.9 Å². The van der Waals surface area contributed by atoms with Gasteiger partial charge in [-0.3, -0.25) is 4.79 Å². The summed E-state index contributed by atoms with van der Waals surface area (Å²) < 4.78 is 49.1. The van der Waals surface area contributed by atoms with Crippen molar-refractivity contribution in [2.24, 2.45) is 5.92 Å². The Kier molecular flexibility index (Phi) is 15.0. The molecule has 2 saturated heterocycles. The number of rotatable bonds is 14. The molecule has 12 atom stereocenters. The molecule has 3 aliphatic rings. The van der Waals surface area contributed by atoms with Crippen LogP contribution in [0.15, 0.2) is 41.7 Å². The molecule has 0 unspecified atom stereocenters. The molecule has 0 bridgehead atoms. The highest BCUT2D eigenvalue weighted by Gasteiger charge is 2.47. The summed E-state index contributed by atoms with van der Waals surface area (Å²) in [6.45, 7) is 0.0342. The van der Waals surface area contributed by atoms with Crippen molar-refractivity contribution in [2.45, 2.75) is 81.0 Å². The first-order valence-corrected chi connectivity index (χ1v) is 16.4. The van der Waals surface area contributed by atoms with Gasteiger partial charge in [-0.05, 0) is 30.7 Å². The van der Waals surface area contributed by atoms with Gasteiger partial charge in [0.1, 0.15) is 55.4 Å². The van der Waals surface area contributed by atoms with Gasteiger partial charge in [0.25, 0.3) is 0 Å². The van der Waals surface area contributed by atoms with Crippen LogP contribution in [0.3, 0.4) is 0 Å². The maximum Gasteiger partial charge on any atom is 0.337 e. The van der Waals surface area contributed by atoms with E-state index in [0.717, 1.165) is 13.4 Å². The molecule has 296 valence electrons. The number of ether oxygens (including phenoxy) is 9. The van der Waals surface area contributed by atoms with Crippen LogP contribution in [0.4, 0.5) is 0 Å². The third-order valence-electron chi connectivity index (χ3n) is 8.82. The van der Waals surface area contributed by atoms with E-state index in [4.69, 9.17) is 42.6 Å². The number of carbonyl (C=O) groups excluding carboxylic acids is 2. The smallest absolute Gasteiger partial charge is 0.337 e. The first-order valence-electron chi connectivity index (χ1n) is 16.4. The minimum absolute atomic E-state index is 0.0116. The molecule has 0 aliphatic carbocycles. The molecule has 19 heteroatoms. The number of allylic oxidation sites excluding steroid dienone is 1. The minimum Gasteiger partial charge on any atom is -0.493 e. The fraction of sp³-hybridized carbons (Fsp3) is 0.588. The summed E-state index contributed by atoms with van der Waals surface area (Å²) in [6.07, 6.45) is -11.6. The van der Waals surface area contributed by atoms with Gasteiger partial charge in [-0.15, -0.1) is 0 Å². The lowest BCUT2D eigenvalue weighted by molar-refractivity contribution is -0.327. The molecular weight excluding hydrogens is 712 g/mol. The molecule has 3 aliphatic heterocycles. The molecule has 0 aromatic heterocycles. The van der Waals surface area contributed by atoms with E-state index < -0.39 is 98.8 Å². The summed E-state index contributed by atoms with van der Waals surface area (Å²) in [5.41, 5.74) is 0.718. The maximum atomic E-state index is 13.1. The fourth-order valence-electron chi connectivity index (χ4n) is 5.87. The molecule has 0 saturated carbocycles. The monoisotopic (exact) mass is 758 g/mol. The average Bonchev–Trinajstić information content (AvgIpc) is 3.16. The molecule has 53 heavy (non-hydrogen) atoms. The zero-order valence-corrected chi connectivity index (χ0v) is 29.3. The van der Waals surface area contributed by atoms with Gasteiger partial charge in [-0.1, -0.05) is 12.2 Å². The topological polar surface area (TPSA) is 279 Å². The van der Waals surface area contributed by atoms with Crippen LogP contribution in [0.5, 0.6) is 17.2 Å². The third-order valence-corrected chi connectivity index (χ3v) is 8.82. The molecule has 0 radical (unpaired) electrons. The minimum atomic E-state index is -1.73. The van der Waals surface area contributed by atoms with Crippen LogP contribution in [0, 0.1) is 5.92 Å². The van der Waals surface area contributed by atoms with E-state index in [1.165, 1.54) is 38.5 Å². The van der Waals surface area contributed by atoms with Crippen molar-refractivity contribution in [3.63, 3.8) is 0 Å². The number of hydrogen-bond donors (Lipinski definition) is 8. The van der Waals surface area contributed by atoms with Gasteiger partial charge in [0, 0.05) is 11.5 Å². The standard InChI is InChI=1S/C34H46O19/c1-5-16-17(18(31(44)47-4)14-49-32(16)53-34-29(43)27(41)25(39)22(13-36)51-34)11-23(37)48-8-6-7-15-9-19(45-2)30(20(10-15)46-3)52-33-28(42)26(40)24(38)21(12-35)50-33/h5-7,9-10,14,17,21-22,24-29,32-36,38-43H,8,11-13H2,1-4H3/b7-6+,16-5-/t17-,21+,22+,24+,25+,26-,27-,28+,29+,32-,33-,34-/m0/s1. The Morgan fingerprint density at radius 1 is 0.811 bits per heavy atom. The number of hydrogen-bond acceptors (Lipinski definition) is 19. The molecule has 8 N–H and O–H groups in total. The van der Waals surface area contributed by atoms with Crippen molar-refractivity contribution >= 4 is 18.0 Å². The van der Waals surface area contributed by atoms with Gasteiger partial charge in [0.05, 0.1) is 52.8 Å². The van der Waals surface area contributed by atoms with Crippen LogP contribution in [0.1, 0.15) is 18.9 Å². The van der Waals surface area contributed by atoms with Crippen LogP contribution in [0.25, 0.3) is 6.08 Å². The van der Waals surface area contributed by atoms with E-state index in [-0.39, 0.29) is 41.4 Å². The third kappa shape index (κ3) is 9.45. The second-order valence-electron chi connectivity index (χ2n) is 12.1. The number of aliphatic hydroxyl groups excluding tert-OH is 8. The molecule has 4 rings (SSSR count). The van der Waals surface area contributed by atoms with Crippen LogP contribution in [-0.2, 0) is 38.0 Å². The van der Waals surface area contributed by atoms with Crippen molar-refractivity contribution < 1.29 is 93.1 Å². The van der Waals surface area contributed by atoms with Crippen LogP contribution in [0.2, 0.25) is 0 Å². The van der Waals surface area contributed by atoms with E-state index in [9.17, 15) is 50.4 Å². The van der Waals surface area contributed by atoms with E-state index in [0.29, 0.717) is 5.56 Å². The lowest BCUT2D eigenvalue weighted by Crippen LogP contribution is -2.60. The molecule has 1 aromatic rings. The van der Waals surface area contributed by atoms with Crippen molar-refractivity contribution in [1.82, 2.24) is 0 Å². The summed E-state index contributed by atoms with van der Waals surface area (Å²) in [5, 5.41) is 80.3. The highest BCUT2D eigenvalue weighted by Crippen LogP contribution is 2.41. The van der Waals surface area contributed by atoms with E-state index in [2.05, 4.69) is 0 Å². The summed E-state index contributed by atoms with van der Waals surface area (Å²) in [7, 11) is 3.83. The Morgan fingerprint density at radius 3 is 1.91 bits per heavy atom. The van der Waals surface area contributed by atoms with Crippen LogP contribution in [-0.4, -0.2) is 162 Å². The normalized spacial score (nSPS) is 33.9. The highest BCUT2D eigenvalue weighted by molar-refractivity contribution is 5.90. The summed E-state index contributed by atoms with van der Waals surface area (Å²) in [5.74, 6) is -2.27. The van der Waals surface area contributed by atoms with Gasteiger partial charge in [-0.25, -0.2) is 4.79 Å². The Hall–Kier alpha value is -3.86. The Balaban J connectivity index is 1.43. The number of benzene rings is 1. The molecule has 0 amide bonds. The van der Waals surface area contributed by atoms with Gasteiger partial charge < -0.3 is 83.5 Å². The summed E-state index contributed by atoms with van der Waals surface area (Å²) in [6, 6.07) is 3.06. The van der Waals surface area contributed by atoms with Crippen molar-refractivity contribution in [3.8, 4) is 17.2 Å². The summed E-state index contributed by atoms with van der Waals surface area (Å²) in [4.78, 5) is 25.7. The lowest BCUT2D eigenvalue weighted by Gasteiger charge is -2.41. The molecule has 3 heterocycles. The second-order valence-corrected chi connectivity index (χ2v) is 12.1. The molecule has 19 nitrogen and oxygen atoms in total. The zero-order chi connectivity index (χ0) is 39.0. The predicted molar refractivity (Wildman–Crippen MR) is 176 cm³/mol. The van der Waals surface area contributed by atoms with E-state index in [1.54, 1.807) is 13.0 Å². The Labute approximate surface area is 303 Å². The van der Waals surface area contributed by atoms with Crippen molar-refractivity contribution in [2.75, 3.05) is 41.2 Å². The second kappa shape index (κ2) is 18.9. The quantitative estimate of drug-likeness (QED) is 0.0727. The first-order chi connectivity index (χ1) is 25.3. The average molecular weight is 759 g/mol. The van der Waals surface area contributed by atoms with Crippen LogP contribution >= 0.6 is 0 Å². The van der Waals surface area contributed by atoms with E-state index >= 15 is 0 Å². The Bertz CT molecular complexity index is 1460. The molecular formula is C34H46O19. The Morgan fingerprint density at radius 2 is 1.38 bits per heavy atom. The van der Waals surface area contributed by atoms with Crippen LogP contribution < -0.4 is 14.2 Å². The van der Waals surface area contributed by atoms with Crippen molar-refractivity contribution in [3.05, 3.63) is 47.3 Å². The predicted octanol–water partition coefficient (Wildman–Crippen LogP) is -2.38. The van der Waals surface area contributed by atoms with Gasteiger partial charge in [-0.2, -0.15) is 0 Å². The number of esters is 2. The zero-order valence-electron chi connectivity index (χ0n) is 29.3. The molecule has 0 spiro atoms. The number of methoxy groups -OCH3 is 3. The highest BCUT2D eigenvalue weighted by atomic mass is 16.8. The fourth-order valence-corrected chi connectivity index (χ4v) is 5.87. The largest absolute Gasteiger partial charge is 0.493 e. The maximum absolute atomic E-state index is 13.1. The van der Waals surface area contributed by atoms with E-state index in [1.807, 2.05) is 0 Å².